The Bertz CT molecular complexity index is 1090. The molecule has 0 atom stereocenters. The van der Waals surface area contributed by atoms with E-state index in [1.54, 1.807) is 0 Å². The number of phenols is 1. The molecule has 0 spiro atoms. The lowest BCUT2D eigenvalue weighted by molar-refractivity contribution is -0.116. The van der Waals surface area contributed by atoms with Gasteiger partial charge in [-0.05, 0) is 38.3 Å². The topological polar surface area (TPSA) is 96.9 Å². The summed E-state index contributed by atoms with van der Waals surface area (Å²) in [5.41, 5.74) is 2.36. The van der Waals surface area contributed by atoms with Gasteiger partial charge in [-0.2, -0.15) is 0 Å². The molecule has 0 bridgehead atoms. The van der Waals surface area contributed by atoms with E-state index >= 15 is 0 Å². The van der Waals surface area contributed by atoms with Crippen LogP contribution in [0.15, 0.2) is 30.3 Å². The van der Waals surface area contributed by atoms with Gasteiger partial charge < -0.3 is 25.2 Å². The number of rotatable bonds is 21. The Labute approximate surface area is 257 Å². The first-order chi connectivity index (χ1) is 20.3. The van der Waals surface area contributed by atoms with Crippen molar-refractivity contribution in [2.45, 2.75) is 117 Å². The molecule has 8 heteroatoms. The summed E-state index contributed by atoms with van der Waals surface area (Å²) in [6, 6.07) is 8.73. The summed E-state index contributed by atoms with van der Waals surface area (Å²) in [4.78, 5) is 24.7. The summed E-state index contributed by atoms with van der Waals surface area (Å²) in [5, 5.41) is 15.6. The van der Waals surface area contributed by atoms with E-state index in [1.807, 2.05) is 26.0 Å². The second-order valence-corrected chi connectivity index (χ2v) is 11.5. The molecule has 0 fully saturated rings. The maximum absolute atomic E-state index is 12.5. The second-order valence-electron chi connectivity index (χ2n) is 11.1. The van der Waals surface area contributed by atoms with Gasteiger partial charge in [0.2, 0.25) is 5.91 Å². The molecular formula is C34H51ClN2O5. The Morgan fingerprint density at radius 3 is 2.07 bits per heavy atom. The summed E-state index contributed by atoms with van der Waals surface area (Å²) in [7, 11) is 0. The molecule has 234 valence electrons. The van der Waals surface area contributed by atoms with Crippen LogP contribution in [-0.4, -0.2) is 30.3 Å². The largest absolute Gasteiger partial charge is 0.504 e. The predicted molar refractivity (Wildman–Crippen MR) is 172 cm³/mol. The molecule has 2 rings (SSSR count). The van der Waals surface area contributed by atoms with Crippen LogP contribution in [0.1, 0.15) is 114 Å². The number of benzene rings is 2. The van der Waals surface area contributed by atoms with Gasteiger partial charge in [-0.25, -0.2) is 4.79 Å². The van der Waals surface area contributed by atoms with Gasteiger partial charge in [-0.1, -0.05) is 113 Å². The lowest BCUT2D eigenvalue weighted by atomic mass is 10.0. The van der Waals surface area contributed by atoms with Gasteiger partial charge in [0.25, 0.3) is 0 Å². The number of amides is 2. The number of unbranched alkanes of at least 4 members (excludes halogenated alkanes) is 12. The van der Waals surface area contributed by atoms with Crippen molar-refractivity contribution < 1.29 is 24.2 Å². The SMILES string of the molecule is CCCCCCCCCCCCCCCC(=O)Nc1cc(OC(=O)NCCCOc2ccc(C)cc2C)cc(Cl)c1O. The maximum atomic E-state index is 12.5. The Hall–Kier alpha value is -2.93. The van der Waals surface area contributed by atoms with Crippen molar-refractivity contribution in [1.29, 1.82) is 0 Å². The molecule has 3 N–H and O–H groups in total. The molecule has 42 heavy (non-hydrogen) atoms. The van der Waals surface area contributed by atoms with E-state index in [0.29, 0.717) is 26.0 Å². The van der Waals surface area contributed by atoms with Crippen LogP contribution in [-0.2, 0) is 4.79 Å². The van der Waals surface area contributed by atoms with Gasteiger partial charge >= 0.3 is 6.09 Å². The van der Waals surface area contributed by atoms with E-state index in [1.165, 1.54) is 81.9 Å². The van der Waals surface area contributed by atoms with Crippen molar-refractivity contribution in [1.82, 2.24) is 5.32 Å². The molecule has 2 aromatic rings. The molecule has 0 aliphatic heterocycles. The number of carbonyl (C=O) groups is 2. The van der Waals surface area contributed by atoms with Gasteiger partial charge in [-0.3, -0.25) is 4.79 Å². The van der Waals surface area contributed by atoms with Crippen molar-refractivity contribution in [3.63, 3.8) is 0 Å². The quantitative estimate of drug-likeness (QED) is 0.0976. The number of anilines is 1. The van der Waals surface area contributed by atoms with Crippen LogP contribution < -0.4 is 20.1 Å². The molecule has 0 aromatic heterocycles. The molecule has 0 saturated carbocycles. The van der Waals surface area contributed by atoms with E-state index in [9.17, 15) is 14.7 Å². The fraction of sp³-hybridized carbons (Fsp3) is 0.588. The van der Waals surface area contributed by atoms with Gasteiger partial charge in [0.05, 0.1) is 17.3 Å². The molecule has 0 heterocycles. The lowest BCUT2D eigenvalue weighted by Gasteiger charge is -2.12. The first-order valence-electron chi connectivity index (χ1n) is 15.8. The second kappa shape index (κ2) is 20.9. The average Bonchev–Trinajstić information content (AvgIpc) is 2.94. The summed E-state index contributed by atoms with van der Waals surface area (Å²) in [6.07, 6.45) is 16.4. The van der Waals surface area contributed by atoms with Crippen LogP contribution in [0.25, 0.3) is 0 Å². The number of aryl methyl sites for hydroxylation is 2. The van der Waals surface area contributed by atoms with E-state index < -0.39 is 6.09 Å². The third-order valence-corrected chi connectivity index (χ3v) is 7.50. The summed E-state index contributed by atoms with van der Waals surface area (Å²) in [6.45, 7) is 7.09. The molecule has 0 aliphatic rings. The van der Waals surface area contributed by atoms with Crippen LogP contribution >= 0.6 is 11.6 Å². The number of hydrogen-bond donors (Lipinski definition) is 3. The minimum absolute atomic E-state index is 0.0153. The zero-order chi connectivity index (χ0) is 30.6. The zero-order valence-corrected chi connectivity index (χ0v) is 26.6. The van der Waals surface area contributed by atoms with Crippen molar-refractivity contribution in [2.75, 3.05) is 18.5 Å². The summed E-state index contributed by atoms with van der Waals surface area (Å²) < 4.78 is 11.1. The minimum atomic E-state index is -0.660. The number of aromatic hydroxyl groups is 1. The number of halogens is 1. The Kier molecular flexibility index (Phi) is 17.5. The number of ether oxygens (including phenoxy) is 2. The van der Waals surface area contributed by atoms with Crippen molar-refractivity contribution in [2.24, 2.45) is 0 Å². The van der Waals surface area contributed by atoms with Crippen molar-refractivity contribution in [3.8, 4) is 17.2 Å². The number of nitrogens with one attached hydrogen (secondary N) is 2. The van der Waals surface area contributed by atoms with Crippen LogP contribution in [0, 0.1) is 13.8 Å². The molecule has 0 saturated heterocycles. The highest BCUT2D eigenvalue weighted by Crippen LogP contribution is 2.36. The van der Waals surface area contributed by atoms with E-state index in [0.717, 1.165) is 30.6 Å². The zero-order valence-electron chi connectivity index (χ0n) is 25.9. The normalized spacial score (nSPS) is 10.9. The standard InChI is InChI=1S/C34H51ClN2O5/c1-4-5-6-7-8-9-10-11-12-13-14-15-16-18-32(38)37-30-25-28(24-29(35)33(30)39)42-34(40)36-21-17-22-41-31-20-19-26(2)23-27(31)3/h19-20,23-25,39H,4-18,21-22H2,1-3H3,(H,36,40)(H,37,38). The van der Waals surface area contributed by atoms with E-state index in [2.05, 4.69) is 23.6 Å². The van der Waals surface area contributed by atoms with Crippen molar-refractivity contribution in [3.05, 3.63) is 46.5 Å². The molecule has 0 aliphatic carbocycles. The minimum Gasteiger partial charge on any atom is -0.504 e. The van der Waals surface area contributed by atoms with E-state index in [4.69, 9.17) is 21.1 Å². The molecule has 7 nitrogen and oxygen atoms in total. The number of phenolic OH excluding ortho intramolecular Hbond substituents is 1. The van der Waals surface area contributed by atoms with Crippen LogP contribution in [0.2, 0.25) is 5.02 Å². The van der Waals surface area contributed by atoms with Crippen molar-refractivity contribution >= 4 is 29.3 Å². The Balaban J connectivity index is 1.61. The number of carbonyl (C=O) groups excluding carboxylic acids is 2. The molecule has 0 unspecified atom stereocenters. The average molecular weight is 603 g/mol. The maximum Gasteiger partial charge on any atom is 0.412 e. The fourth-order valence-electron chi connectivity index (χ4n) is 4.79. The van der Waals surface area contributed by atoms with Gasteiger partial charge in [-0.15, -0.1) is 0 Å². The highest BCUT2D eigenvalue weighted by Gasteiger charge is 2.14. The van der Waals surface area contributed by atoms with Crippen LogP contribution in [0.3, 0.4) is 0 Å². The molecular weight excluding hydrogens is 552 g/mol. The van der Waals surface area contributed by atoms with E-state index in [-0.39, 0.29) is 28.1 Å². The van der Waals surface area contributed by atoms with Crippen LogP contribution in [0.5, 0.6) is 17.2 Å². The van der Waals surface area contributed by atoms with Gasteiger partial charge in [0.1, 0.15) is 11.5 Å². The third-order valence-electron chi connectivity index (χ3n) is 7.21. The lowest BCUT2D eigenvalue weighted by Crippen LogP contribution is -2.28. The molecule has 2 aromatic carbocycles. The summed E-state index contributed by atoms with van der Waals surface area (Å²) >= 11 is 6.12. The predicted octanol–water partition coefficient (Wildman–Crippen LogP) is 9.64. The summed E-state index contributed by atoms with van der Waals surface area (Å²) in [5.74, 6) is 0.477. The molecule has 0 radical (unpaired) electrons. The fourth-order valence-corrected chi connectivity index (χ4v) is 5.00. The van der Waals surface area contributed by atoms with Gasteiger partial charge in [0.15, 0.2) is 5.75 Å². The molecule has 2 amide bonds. The Morgan fingerprint density at radius 1 is 0.833 bits per heavy atom. The highest BCUT2D eigenvalue weighted by atomic mass is 35.5. The highest BCUT2D eigenvalue weighted by molar-refractivity contribution is 6.32. The third kappa shape index (κ3) is 14.8. The van der Waals surface area contributed by atoms with Gasteiger partial charge in [0, 0.05) is 25.1 Å². The Morgan fingerprint density at radius 2 is 1.45 bits per heavy atom. The number of hydrogen-bond acceptors (Lipinski definition) is 5. The smallest absolute Gasteiger partial charge is 0.412 e. The monoisotopic (exact) mass is 602 g/mol. The van der Waals surface area contributed by atoms with Crippen LogP contribution in [0.4, 0.5) is 10.5 Å². The first-order valence-corrected chi connectivity index (χ1v) is 16.2. The first kappa shape index (κ1) is 35.3.